The highest BCUT2D eigenvalue weighted by molar-refractivity contribution is 5.55. The zero-order valence-electron chi connectivity index (χ0n) is 12.4. The highest BCUT2D eigenvalue weighted by Crippen LogP contribution is 2.29. The molecule has 1 aliphatic heterocycles. The van der Waals surface area contributed by atoms with Crippen LogP contribution in [0.5, 0.6) is 0 Å². The van der Waals surface area contributed by atoms with Gasteiger partial charge in [0.2, 0.25) is 0 Å². The lowest BCUT2D eigenvalue weighted by molar-refractivity contribution is 0.0891. The van der Waals surface area contributed by atoms with Crippen LogP contribution in [0.15, 0.2) is 18.2 Å². The van der Waals surface area contributed by atoms with Crippen molar-refractivity contribution in [2.75, 3.05) is 25.1 Å². The maximum atomic E-state index is 14.3. The van der Waals surface area contributed by atoms with Crippen molar-refractivity contribution in [1.29, 1.82) is 0 Å². The van der Waals surface area contributed by atoms with Gasteiger partial charge >= 0.3 is 0 Å². The number of nitrogens with two attached hydrogens (primary N) is 1. The minimum atomic E-state index is -0.150. The second kappa shape index (κ2) is 7.04. The lowest BCUT2D eigenvalue weighted by Crippen LogP contribution is -2.40. The summed E-state index contributed by atoms with van der Waals surface area (Å²) in [5, 5.41) is 0. The largest absolute Gasteiger partial charge is 0.380 e. The summed E-state index contributed by atoms with van der Waals surface area (Å²) in [5.74, 6) is -0.150. The first-order valence-electron chi connectivity index (χ1n) is 7.46. The lowest BCUT2D eigenvalue weighted by Gasteiger charge is -2.35. The van der Waals surface area contributed by atoms with Gasteiger partial charge in [-0.25, -0.2) is 4.39 Å². The summed E-state index contributed by atoms with van der Waals surface area (Å²) in [5.41, 5.74) is 7.77. The first-order valence-corrected chi connectivity index (χ1v) is 7.46. The number of rotatable bonds is 5. The molecule has 0 aliphatic carbocycles. The van der Waals surface area contributed by atoms with E-state index in [0.29, 0.717) is 0 Å². The van der Waals surface area contributed by atoms with E-state index in [1.165, 1.54) is 6.07 Å². The van der Waals surface area contributed by atoms with Crippen LogP contribution in [0.2, 0.25) is 0 Å². The van der Waals surface area contributed by atoms with Gasteiger partial charge in [-0.3, -0.25) is 0 Å². The van der Waals surface area contributed by atoms with Gasteiger partial charge in [0.15, 0.2) is 0 Å². The Labute approximate surface area is 120 Å². The molecule has 2 unspecified atom stereocenters. The topological polar surface area (TPSA) is 38.5 Å². The molecule has 3 nitrogen and oxygen atoms in total. The predicted molar refractivity (Wildman–Crippen MR) is 80.6 cm³/mol. The number of methoxy groups -OCH3 is 1. The van der Waals surface area contributed by atoms with E-state index in [4.69, 9.17) is 10.5 Å². The molecule has 112 valence electrons. The van der Waals surface area contributed by atoms with Crippen LogP contribution in [0.4, 0.5) is 10.1 Å². The molecule has 20 heavy (non-hydrogen) atoms. The quantitative estimate of drug-likeness (QED) is 0.901. The van der Waals surface area contributed by atoms with Crippen molar-refractivity contribution in [1.82, 2.24) is 0 Å². The number of benzene rings is 1. The Hall–Kier alpha value is -1.13. The molecular formula is C16H25FN2O. The van der Waals surface area contributed by atoms with Crippen molar-refractivity contribution in [2.24, 2.45) is 5.73 Å². The van der Waals surface area contributed by atoms with E-state index in [1.807, 2.05) is 6.07 Å². The maximum Gasteiger partial charge on any atom is 0.146 e. The summed E-state index contributed by atoms with van der Waals surface area (Å²) in [6.07, 6.45) is 3.89. The summed E-state index contributed by atoms with van der Waals surface area (Å²) in [6, 6.07) is 5.38. The summed E-state index contributed by atoms with van der Waals surface area (Å²) >= 11 is 0. The maximum absolute atomic E-state index is 14.3. The molecule has 1 aliphatic rings. The number of nitrogens with zero attached hydrogens (tertiary/aromatic N) is 1. The van der Waals surface area contributed by atoms with Crippen LogP contribution in [-0.2, 0) is 11.2 Å². The van der Waals surface area contributed by atoms with Crippen LogP contribution in [0.1, 0.15) is 31.7 Å². The fraction of sp³-hybridized carbons (Fsp3) is 0.625. The predicted octanol–water partition coefficient (Wildman–Crippen LogP) is 2.72. The van der Waals surface area contributed by atoms with E-state index in [9.17, 15) is 4.39 Å². The second-order valence-electron chi connectivity index (χ2n) is 5.57. The third-order valence-electron chi connectivity index (χ3n) is 4.10. The Morgan fingerprint density at radius 1 is 1.50 bits per heavy atom. The SMILES string of the molecule is CCC(N)Cc1cccc(F)c1N1CCCC(OC)C1. The van der Waals surface area contributed by atoms with E-state index in [0.717, 1.165) is 50.0 Å². The molecule has 0 aromatic heterocycles. The fourth-order valence-electron chi connectivity index (χ4n) is 2.84. The van der Waals surface area contributed by atoms with Gasteiger partial charge in [0.1, 0.15) is 5.82 Å². The second-order valence-corrected chi connectivity index (χ2v) is 5.57. The van der Waals surface area contributed by atoms with E-state index >= 15 is 0 Å². The van der Waals surface area contributed by atoms with Crippen molar-refractivity contribution in [2.45, 2.75) is 44.8 Å². The molecule has 0 saturated carbocycles. The summed E-state index contributed by atoms with van der Waals surface area (Å²) in [4.78, 5) is 2.12. The van der Waals surface area contributed by atoms with E-state index in [-0.39, 0.29) is 18.0 Å². The first kappa shape index (κ1) is 15.3. The van der Waals surface area contributed by atoms with Gasteiger partial charge in [0.25, 0.3) is 0 Å². The molecule has 1 aromatic carbocycles. The first-order chi connectivity index (χ1) is 9.65. The Kier molecular flexibility index (Phi) is 5.38. The van der Waals surface area contributed by atoms with Crippen LogP contribution >= 0.6 is 0 Å². The van der Waals surface area contributed by atoms with Crippen LogP contribution in [0.3, 0.4) is 0 Å². The molecule has 1 saturated heterocycles. The standard InChI is InChI=1S/C16H25FN2O/c1-3-13(18)10-12-6-4-8-15(17)16(12)19-9-5-7-14(11-19)20-2/h4,6,8,13-14H,3,5,7,9-11,18H2,1-2H3. The van der Waals surface area contributed by atoms with E-state index in [1.54, 1.807) is 13.2 Å². The molecule has 2 N–H and O–H groups in total. The zero-order chi connectivity index (χ0) is 14.5. The van der Waals surface area contributed by atoms with Gasteiger partial charge in [-0.05, 0) is 37.3 Å². The van der Waals surface area contributed by atoms with Crippen LogP contribution in [0, 0.1) is 5.82 Å². The Bertz CT molecular complexity index is 438. The molecule has 0 amide bonds. The number of hydrogen-bond donors (Lipinski definition) is 1. The van der Waals surface area contributed by atoms with E-state index < -0.39 is 0 Å². The Morgan fingerprint density at radius 2 is 2.30 bits per heavy atom. The fourth-order valence-corrected chi connectivity index (χ4v) is 2.84. The summed E-state index contributed by atoms with van der Waals surface area (Å²) in [7, 11) is 1.73. The van der Waals surface area contributed by atoms with Gasteiger partial charge < -0.3 is 15.4 Å². The highest BCUT2D eigenvalue weighted by Gasteiger charge is 2.24. The van der Waals surface area contributed by atoms with Crippen molar-refractivity contribution >= 4 is 5.69 Å². The molecule has 0 bridgehead atoms. The third kappa shape index (κ3) is 3.49. The highest BCUT2D eigenvalue weighted by atomic mass is 19.1. The average Bonchev–Trinajstić information content (AvgIpc) is 2.47. The number of hydrogen-bond acceptors (Lipinski definition) is 3. The van der Waals surface area contributed by atoms with Gasteiger partial charge in [-0.1, -0.05) is 19.1 Å². The van der Waals surface area contributed by atoms with Crippen LogP contribution in [0.25, 0.3) is 0 Å². The zero-order valence-corrected chi connectivity index (χ0v) is 12.4. The number of para-hydroxylation sites is 1. The number of piperidine rings is 1. The smallest absolute Gasteiger partial charge is 0.146 e. The molecule has 4 heteroatoms. The van der Waals surface area contributed by atoms with Crippen molar-refractivity contribution in [3.8, 4) is 0 Å². The molecule has 0 spiro atoms. The molecular weight excluding hydrogens is 255 g/mol. The van der Waals surface area contributed by atoms with Gasteiger partial charge in [-0.15, -0.1) is 0 Å². The Balaban J connectivity index is 2.24. The van der Waals surface area contributed by atoms with Gasteiger partial charge in [0.05, 0.1) is 11.8 Å². The minimum absolute atomic E-state index is 0.0820. The average molecular weight is 280 g/mol. The molecule has 1 aromatic rings. The van der Waals surface area contributed by atoms with Crippen LogP contribution in [-0.4, -0.2) is 32.3 Å². The molecule has 1 fully saturated rings. The van der Waals surface area contributed by atoms with Crippen molar-refractivity contribution in [3.05, 3.63) is 29.6 Å². The monoisotopic (exact) mass is 280 g/mol. The normalized spacial score (nSPS) is 21.0. The summed E-state index contributed by atoms with van der Waals surface area (Å²) < 4.78 is 19.7. The third-order valence-corrected chi connectivity index (χ3v) is 4.10. The van der Waals surface area contributed by atoms with E-state index in [2.05, 4.69) is 11.8 Å². The van der Waals surface area contributed by atoms with Crippen molar-refractivity contribution < 1.29 is 9.13 Å². The van der Waals surface area contributed by atoms with Crippen molar-refractivity contribution in [3.63, 3.8) is 0 Å². The summed E-state index contributed by atoms with van der Waals surface area (Å²) in [6.45, 7) is 3.70. The molecule has 2 atom stereocenters. The Morgan fingerprint density at radius 3 is 3.00 bits per heavy atom. The lowest BCUT2D eigenvalue weighted by atomic mass is 9.99. The number of halogens is 1. The number of ether oxygens (including phenoxy) is 1. The minimum Gasteiger partial charge on any atom is -0.380 e. The number of anilines is 1. The molecule has 0 radical (unpaired) electrons. The molecule has 2 rings (SSSR count). The van der Waals surface area contributed by atoms with Crippen LogP contribution < -0.4 is 10.6 Å². The van der Waals surface area contributed by atoms with Gasteiger partial charge in [0, 0.05) is 26.2 Å². The van der Waals surface area contributed by atoms with Gasteiger partial charge in [-0.2, -0.15) is 0 Å². The molecule has 1 heterocycles.